The zero-order valence-corrected chi connectivity index (χ0v) is 9.39. The van der Waals surface area contributed by atoms with Crippen molar-refractivity contribution in [2.24, 2.45) is 11.1 Å². The van der Waals surface area contributed by atoms with Gasteiger partial charge in [0.25, 0.3) is 0 Å². The molecule has 15 heavy (non-hydrogen) atoms. The van der Waals surface area contributed by atoms with E-state index in [2.05, 4.69) is 6.92 Å². The smallest absolute Gasteiger partial charge is 0.123 e. The molecule has 1 aliphatic rings. The van der Waals surface area contributed by atoms with Gasteiger partial charge in [0, 0.05) is 6.04 Å². The van der Waals surface area contributed by atoms with Crippen molar-refractivity contribution in [3.63, 3.8) is 0 Å². The van der Waals surface area contributed by atoms with Crippen molar-refractivity contribution in [1.82, 2.24) is 0 Å². The maximum Gasteiger partial charge on any atom is 0.123 e. The van der Waals surface area contributed by atoms with Crippen LogP contribution in [0.4, 0.5) is 4.39 Å². The van der Waals surface area contributed by atoms with E-state index in [1.807, 2.05) is 13.0 Å². The van der Waals surface area contributed by atoms with E-state index < -0.39 is 0 Å². The van der Waals surface area contributed by atoms with E-state index in [0.717, 1.165) is 12.0 Å². The van der Waals surface area contributed by atoms with E-state index >= 15 is 0 Å². The number of hydrogen-bond donors (Lipinski definition) is 1. The number of aryl methyl sites for hydroxylation is 1. The molecule has 0 aliphatic heterocycles. The molecular formula is C13H18FN. The van der Waals surface area contributed by atoms with Gasteiger partial charge in [-0.1, -0.05) is 13.0 Å². The van der Waals surface area contributed by atoms with Gasteiger partial charge in [-0.15, -0.1) is 0 Å². The van der Waals surface area contributed by atoms with Gasteiger partial charge in [-0.2, -0.15) is 0 Å². The van der Waals surface area contributed by atoms with E-state index in [-0.39, 0.29) is 11.9 Å². The van der Waals surface area contributed by atoms with Crippen molar-refractivity contribution in [3.05, 3.63) is 35.1 Å². The second kappa shape index (κ2) is 3.60. The molecule has 1 nitrogen and oxygen atoms in total. The summed E-state index contributed by atoms with van der Waals surface area (Å²) in [6, 6.07) is 5.17. The zero-order chi connectivity index (χ0) is 11.1. The molecule has 2 rings (SSSR count). The average Bonchev–Trinajstić information content (AvgIpc) is 2.90. The van der Waals surface area contributed by atoms with Crippen LogP contribution in [-0.2, 0) is 6.42 Å². The van der Waals surface area contributed by atoms with Crippen molar-refractivity contribution in [2.45, 2.75) is 39.2 Å². The standard InChI is InChI=1S/C13H18FN/c1-9-7-11(14)4-3-10(9)8-12(15)13(2)5-6-13/h3-4,7,12H,5-6,8,15H2,1-2H3. The summed E-state index contributed by atoms with van der Waals surface area (Å²) in [6.45, 7) is 4.18. The van der Waals surface area contributed by atoms with Gasteiger partial charge in [-0.3, -0.25) is 0 Å². The summed E-state index contributed by atoms with van der Waals surface area (Å²) in [5.41, 5.74) is 8.68. The Labute approximate surface area is 90.5 Å². The molecule has 1 saturated carbocycles. The molecule has 0 amide bonds. The molecule has 1 unspecified atom stereocenters. The molecule has 0 saturated heterocycles. The largest absolute Gasteiger partial charge is 0.327 e. The van der Waals surface area contributed by atoms with Crippen LogP contribution >= 0.6 is 0 Å². The number of halogens is 1. The van der Waals surface area contributed by atoms with Crippen molar-refractivity contribution in [3.8, 4) is 0 Å². The Morgan fingerprint density at radius 3 is 2.67 bits per heavy atom. The van der Waals surface area contributed by atoms with Crippen LogP contribution in [0.1, 0.15) is 30.9 Å². The summed E-state index contributed by atoms with van der Waals surface area (Å²) in [7, 11) is 0. The van der Waals surface area contributed by atoms with Crippen LogP contribution in [0.5, 0.6) is 0 Å². The Hall–Kier alpha value is -0.890. The minimum absolute atomic E-state index is 0.164. The molecule has 0 spiro atoms. The predicted octanol–water partition coefficient (Wildman–Crippen LogP) is 2.80. The first-order chi connectivity index (χ1) is 7.01. The molecule has 2 N–H and O–H groups in total. The quantitative estimate of drug-likeness (QED) is 0.810. The van der Waals surface area contributed by atoms with Gasteiger partial charge in [-0.05, 0) is 54.9 Å². The third-order valence-corrected chi connectivity index (χ3v) is 3.68. The fraction of sp³-hybridized carbons (Fsp3) is 0.538. The molecule has 1 fully saturated rings. The lowest BCUT2D eigenvalue weighted by molar-refractivity contribution is 0.432. The lowest BCUT2D eigenvalue weighted by Crippen LogP contribution is -2.32. The number of nitrogens with two attached hydrogens (primary N) is 1. The first kappa shape index (κ1) is 10.6. The summed E-state index contributed by atoms with van der Waals surface area (Å²) in [6.07, 6.45) is 3.32. The van der Waals surface area contributed by atoms with Crippen LogP contribution in [0.3, 0.4) is 0 Å². The molecule has 0 aromatic heterocycles. The highest BCUT2D eigenvalue weighted by molar-refractivity contribution is 5.28. The first-order valence-electron chi connectivity index (χ1n) is 5.52. The fourth-order valence-electron chi connectivity index (χ4n) is 1.94. The highest BCUT2D eigenvalue weighted by Crippen LogP contribution is 2.48. The summed E-state index contributed by atoms with van der Waals surface area (Å²) in [4.78, 5) is 0. The van der Waals surface area contributed by atoms with Gasteiger partial charge in [-0.25, -0.2) is 4.39 Å². The summed E-state index contributed by atoms with van der Waals surface area (Å²) >= 11 is 0. The molecule has 82 valence electrons. The molecule has 0 heterocycles. The molecular weight excluding hydrogens is 189 g/mol. The fourth-order valence-corrected chi connectivity index (χ4v) is 1.94. The Kier molecular flexibility index (Phi) is 2.55. The highest BCUT2D eigenvalue weighted by Gasteiger charge is 2.42. The summed E-state index contributed by atoms with van der Waals surface area (Å²) in [5, 5.41) is 0. The van der Waals surface area contributed by atoms with E-state index in [9.17, 15) is 4.39 Å². The van der Waals surface area contributed by atoms with E-state index in [1.165, 1.54) is 24.5 Å². The SMILES string of the molecule is Cc1cc(F)ccc1CC(N)C1(C)CC1. The van der Waals surface area contributed by atoms with E-state index in [0.29, 0.717) is 5.41 Å². The minimum atomic E-state index is -0.164. The van der Waals surface area contributed by atoms with Gasteiger partial charge in [0.1, 0.15) is 5.82 Å². The average molecular weight is 207 g/mol. The van der Waals surface area contributed by atoms with Gasteiger partial charge >= 0.3 is 0 Å². The van der Waals surface area contributed by atoms with Gasteiger partial charge in [0.05, 0.1) is 0 Å². The van der Waals surface area contributed by atoms with E-state index in [4.69, 9.17) is 5.73 Å². The van der Waals surface area contributed by atoms with Gasteiger partial charge in [0.2, 0.25) is 0 Å². The van der Waals surface area contributed by atoms with Crippen LogP contribution < -0.4 is 5.73 Å². The van der Waals surface area contributed by atoms with Gasteiger partial charge < -0.3 is 5.73 Å². The molecule has 1 aromatic carbocycles. The van der Waals surface area contributed by atoms with Crippen LogP contribution in [0, 0.1) is 18.2 Å². The highest BCUT2D eigenvalue weighted by atomic mass is 19.1. The van der Waals surface area contributed by atoms with Gasteiger partial charge in [0.15, 0.2) is 0 Å². The van der Waals surface area contributed by atoms with Crippen LogP contribution in [0.15, 0.2) is 18.2 Å². The van der Waals surface area contributed by atoms with Crippen molar-refractivity contribution >= 4 is 0 Å². The van der Waals surface area contributed by atoms with Crippen LogP contribution in [-0.4, -0.2) is 6.04 Å². The molecule has 2 heteroatoms. The lowest BCUT2D eigenvalue weighted by atomic mass is 9.91. The second-order valence-corrected chi connectivity index (χ2v) is 5.04. The molecule has 1 aromatic rings. The first-order valence-corrected chi connectivity index (χ1v) is 5.52. The molecule has 1 atom stereocenters. The predicted molar refractivity (Wildman–Crippen MR) is 60.2 cm³/mol. The molecule has 1 aliphatic carbocycles. The third-order valence-electron chi connectivity index (χ3n) is 3.68. The number of benzene rings is 1. The third kappa shape index (κ3) is 2.20. The minimum Gasteiger partial charge on any atom is -0.327 e. The maximum absolute atomic E-state index is 12.9. The lowest BCUT2D eigenvalue weighted by Gasteiger charge is -2.19. The Balaban J connectivity index is 2.10. The maximum atomic E-state index is 12.9. The Morgan fingerprint density at radius 1 is 1.47 bits per heavy atom. The Morgan fingerprint density at radius 2 is 2.13 bits per heavy atom. The number of rotatable bonds is 3. The molecule has 0 radical (unpaired) electrons. The Bertz CT molecular complexity index is 369. The van der Waals surface area contributed by atoms with E-state index in [1.54, 1.807) is 6.07 Å². The van der Waals surface area contributed by atoms with Crippen molar-refractivity contribution in [2.75, 3.05) is 0 Å². The summed E-state index contributed by atoms with van der Waals surface area (Å²) < 4.78 is 12.9. The zero-order valence-electron chi connectivity index (χ0n) is 9.39. The van der Waals surface area contributed by atoms with Crippen molar-refractivity contribution < 1.29 is 4.39 Å². The van der Waals surface area contributed by atoms with Crippen molar-refractivity contribution in [1.29, 1.82) is 0 Å². The summed E-state index contributed by atoms with van der Waals surface area (Å²) in [5.74, 6) is -0.164. The topological polar surface area (TPSA) is 26.0 Å². The monoisotopic (exact) mass is 207 g/mol. The van der Waals surface area contributed by atoms with Crippen LogP contribution in [0.25, 0.3) is 0 Å². The second-order valence-electron chi connectivity index (χ2n) is 5.04. The molecule has 0 bridgehead atoms. The van der Waals surface area contributed by atoms with Crippen LogP contribution in [0.2, 0.25) is 0 Å². The normalized spacial score (nSPS) is 20.0. The number of hydrogen-bond acceptors (Lipinski definition) is 1.